The monoisotopic (exact) mass is 277 g/mol. The molecule has 1 aliphatic rings. The first-order valence-electron chi connectivity index (χ1n) is 7.15. The van der Waals surface area contributed by atoms with Crippen LogP contribution in [0.3, 0.4) is 0 Å². The van der Waals surface area contributed by atoms with Gasteiger partial charge >= 0.3 is 6.03 Å². The van der Waals surface area contributed by atoms with E-state index in [1.165, 1.54) is 0 Å². The zero-order valence-electron chi connectivity index (χ0n) is 12.3. The van der Waals surface area contributed by atoms with E-state index < -0.39 is 0 Å². The van der Waals surface area contributed by atoms with Crippen molar-refractivity contribution in [2.45, 2.75) is 33.3 Å². The van der Waals surface area contributed by atoms with E-state index in [4.69, 9.17) is 4.74 Å². The number of ether oxygens (including phenoxy) is 1. The van der Waals surface area contributed by atoms with Gasteiger partial charge in [0, 0.05) is 24.8 Å². The van der Waals surface area contributed by atoms with Crippen LogP contribution in [0.15, 0.2) is 18.3 Å². The van der Waals surface area contributed by atoms with Crippen molar-refractivity contribution in [3.05, 3.63) is 24.0 Å². The van der Waals surface area contributed by atoms with Crippen LogP contribution in [-0.2, 0) is 4.74 Å². The van der Waals surface area contributed by atoms with Gasteiger partial charge in [-0.3, -0.25) is 4.98 Å². The molecular formula is C15H23N3O2. The van der Waals surface area contributed by atoms with Crippen LogP contribution in [0.5, 0.6) is 0 Å². The summed E-state index contributed by atoms with van der Waals surface area (Å²) in [6.07, 6.45) is 2.91. The van der Waals surface area contributed by atoms with Gasteiger partial charge in [0.2, 0.25) is 0 Å². The molecule has 5 nitrogen and oxygen atoms in total. The zero-order valence-corrected chi connectivity index (χ0v) is 12.3. The molecule has 1 aromatic heterocycles. The highest BCUT2D eigenvalue weighted by Crippen LogP contribution is 2.26. The summed E-state index contributed by atoms with van der Waals surface area (Å²) >= 11 is 0. The first-order chi connectivity index (χ1) is 9.56. The lowest BCUT2D eigenvalue weighted by molar-refractivity contribution is 0.0546. The molecule has 1 fully saturated rings. The van der Waals surface area contributed by atoms with Gasteiger partial charge in [-0.25, -0.2) is 4.79 Å². The van der Waals surface area contributed by atoms with E-state index in [1.54, 1.807) is 6.20 Å². The van der Waals surface area contributed by atoms with E-state index in [0.717, 1.165) is 18.7 Å². The predicted molar refractivity (Wildman–Crippen MR) is 78.7 cm³/mol. The third-order valence-corrected chi connectivity index (χ3v) is 3.61. The Kier molecular flexibility index (Phi) is 4.95. The Bertz CT molecular complexity index is 445. The summed E-state index contributed by atoms with van der Waals surface area (Å²) in [4.78, 5) is 16.0. The molecule has 0 unspecified atom stereocenters. The summed E-state index contributed by atoms with van der Waals surface area (Å²) in [5.41, 5.74) is 1.63. The number of nitrogens with one attached hydrogen (secondary N) is 2. The Morgan fingerprint density at radius 3 is 2.95 bits per heavy atom. The molecule has 2 atom stereocenters. The average Bonchev–Trinajstić information content (AvgIpc) is 2.88. The molecule has 0 bridgehead atoms. The Labute approximate surface area is 120 Å². The molecule has 0 radical (unpaired) electrons. The van der Waals surface area contributed by atoms with Gasteiger partial charge in [0.05, 0.1) is 18.0 Å². The summed E-state index contributed by atoms with van der Waals surface area (Å²) in [5.74, 6) is 0.880. The van der Waals surface area contributed by atoms with E-state index in [-0.39, 0.29) is 12.1 Å². The van der Waals surface area contributed by atoms with Crippen molar-refractivity contribution in [1.82, 2.24) is 10.3 Å². The van der Waals surface area contributed by atoms with Crippen LogP contribution in [0.25, 0.3) is 0 Å². The van der Waals surface area contributed by atoms with Gasteiger partial charge in [0.1, 0.15) is 0 Å². The first-order valence-corrected chi connectivity index (χ1v) is 7.15. The number of pyridine rings is 1. The zero-order chi connectivity index (χ0) is 14.5. The van der Waals surface area contributed by atoms with Crippen LogP contribution in [0, 0.1) is 18.8 Å². The highest BCUT2D eigenvalue weighted by atomic mass is 16.5. The van der Waals surface area contributed by atoms with Gasteiger partial charge in [-0.2, -0.15) is 0 Å². The van der Waals surface area contributed by atoms with E-state index in [9.17, 15) is 4.79 Å². The maximum absolute atomic E-state index is 11.8. The molecule has 1 saturated heterocycles. The predicted octanol–water partition coefficient (Wildman–Crippen LogP) is 2.57. The standard InChI is InChI=1S/C15H23N3O2/c1-10(2)14-12(6-7-20-14)8-17-15(19)18-13-5-4-11(3)16-9-13/h4-5,9-10,12,14H,6-8H2,1-3H3,(H2,17,18,19)/t12-,14+/m0/s1. The SMILES string of the molecule is Cc1ccc(NC(=O)NC[C@@H]2CCO[C@@H]2C(C)C)cn1. The Hall–Kier alpha value is -1.62. The molecule has 0 aliphatic carbocycles. The van der Waals surface area contributed by atoms with E-state index in [2.05, 4.69) is 29.5 Å². The van der Waals surface area contributed by atoms with Crippen molar-refractivity contribution in [3.63, 3.8) is 0 Å². The Balaban J connectivity index is 1.79. The minimum Gasteiger partial charge on any atom is -0.378 e. The summed E-state index contributed by atoms with van der Waals surface area (Å²) in [6.45, 7) is 7.66. The number of hydrogen-bond donors (Lipinski definition) is 2. The molecule has 0 saturated carbocycles. The topological polar surface area (TPSA) is 63.2 Å². The molecule has 1 aromatic rings. The fraction of sp³-hybridized carbons (Fsp3) is 0.600. The number of carbonyl (C=O) groups excluding carboxylic acids is 1. The Morgan fingerprint density at radius 1 is 1.50 bits per heavy atom. The minimum absolute atomic E-state index is 0.190. The van der Waals surface area contributed by atoms with Gasteiger partial charge in [-0.05, 0) is 31.4 Å². The molecule has 5 heteroatoms. The van der Waals surface area contributed by atoms with Crippen molar-refractivity contribution in [2.75, 3.05) is 18.5 Å². The number of hydrogen-bond acceptors (Lipinski definition) is 3. The Morgan fingerprint density at radius 2 is 2.30 bits per heavy atom. The van der Waals surface area contributed by atoms with Crippen LogP contribution in [0.2, 0.25) is 0 Å². The van der Waals surface area contributed by atoms with E-state index in [1.807, 2.05) is 19.1 Å². The number of nitrogens with zero attached hydrogens (tertiary/aromatic N) is 1. The van der Waals surface area contributed by atoms with Crippen molar-refractivity contribution in [1.29, 1.82) is 0 Å². The molecule has 110 valence electrons. The number of aromatic nitrogens is 1. The van der Waals surface area contributed by atoms with Crippen LogP contribution in [0.1, 0.15) is 26.0 Å². The third-order valence-electron chi connectivity index (χ3n) is 3.61. The van der Waals surface area contributed by atoms with Gasteiger partial charge in [0.25, 0.3) is 0 Å². The maximum Gasteiger partial charge on any atom is 0.319 e. The van der Waals surface area contributed by atoms with Crippen LogP contribution in [-0.4, -0.2) is 30.3 Å². The fourth-order valence-corrected chi connectivity index (χ4v) is 2.55. The number of amides is 2. The van der Waals surface area contributed by atoms with Gasteiger partial charge in [-0.1, -0.05) is 13.8 Å². The van der Waals surface area contributed by atoms with Gasteiger partial charge in [0.15, 0.2) is 0 Å². The maximum atomic E-state index is 11.8. The van der Waals surface area contributed by atoms with Gasteiger partial charge < -0.3 is 15.4 Å². The molecule has 2 amide bonds. The van der Waals surface area contributed by atoms with Crippen molar-refractivity contribution >= 4 is 11.7 Å². The second-order valence-corrected chi connectivity index (χ2v) is 5.65. The average molecular weight is 277 g/mol. The van der Waals surface area contributed by atoms with Crippen LogP contribution < -0.4 is 10.6 Å². The number of anilines is 1. The largest absolute Gasteiger partial charge is 0.378 e. The quantitative estimate of drug-likeness (QED) is 0.889. The molecule has 2 N–H and O–H groups in total. The summed E-state index contributed by atoms with van der Waals surface area (Å²) in [5, 5.41) is 5.70. The smallest absolute Gasteiger partial charge is 0.319 e. The number of aryl methyl sites for hydroxylation is 1. The normalized spacial score (nSPS) is 22.0. The van der Waals surface area contributed by atoms with Crippen LogP contribution >= 0.6 is 0 Å². The minimum atomic E-state index is -0.190. The van der Waals surface area contributed by atoms with E-state index in [0.29, 0.717) is 24.1 Å². The lowest BCUT2D eigenvalue weighted by Crippen LogP contribution is -2.37. The summed E-state index contributed by atoms with van der Waals surface area (Å²) in [6, 6.07) is 3.53. The first kappa shape index (κ1) is 14.8. The second-order valence-electron chi connectivity index (χ2n) is 5.65. The molecule has 2 heterocycles. The lowest BCUT2D eigenvalue weighted by atomic mass is 9.93. The highest BCUT2D eigenvalue weighted by Gasteiger charge is 2.30. The van der Waals surface area contributed by atoms with E-state index >= 15 is 0 Å². The van der Waals surface area contributed by atoms with Crippen molar-refractivity contribution in [2.24, 2.45) is 11.8 Å². The van der Waals surface area contributed by atoms with Crippen molar-refractivity contribution in [3.8, 4) is 0 Å². The summed E-state index contributed by atoms with van der Waals surface area (Å²) < 4.78 is 5.71. The number of urea groups is 1. The summed E-state index contributed by atoms with van der Waals surface area (Å²) in [7, 11) is 0. The molecule has 0 aromatic carbocycles. The molecule has 20 heavy (non-hydrogen) atoms. The molecular weight excluding hydrogens is 254 g/mol. The number of rotatable bonds is 4. The number of carbonyl (C=O) groups is 1. The van der Waals surface area contributed by atoms with Crippen LogP contribution in [0.4, 0.5) is 10.5 Å². The third kappa shape index (κ3) is 3.93. The fourth-order valence-electron chi connectivity index (χ4n) is 2.55. The lowest BCUT2D eigenvalue weighted by Gasteiger charge is -2.22. The highest BCUT2D eigenvalue weighted by molar-refractivity contribution is 5.88. The molecule has 0 spiro atoms. The second kappa shape index (κ2) is 6.70. The molecule has 1 aliphatic heterocycles. The molecule has 2 rings (SSSR count). The van der Waals surface area contributed by atoms with Gasteiger partial charge in [-0.15, -0.1) is 0 Å². The van der Waals surface area contributed by atoms with Crippen molar-refractivity contribution < 1.29 is 9.53 Å².